The van der Waals surface area contributed by atoms with E-state index in [0.717, 1.165) is 15.9 Å². The number of nitrogens with zero attached hydrogens (tertiary/aromatic N) is 2. The zero-order chi connectivity index (χ0) is 12.6. The van der Waals surface area contributed by atoms with Crippen LogP contribution < -0.4 is 5.32 Å². The highest BCUT2D eigenvalue weighted by molar-refractivity contribution is 8.01. The highest BCUT2D eigenvalue weighted by Gasteiger charge is 2.47. The van der Waals surface area contributed by atoms with E-state index in [1.165, 1.54) is 37.2 Å². The molecule has 18 heavy (non-hydrogen) atoms. The van der Waals surface area contributed by atoms with Crippen molar-refractivity contribution in [3.8, 4) is 0 Å². The Bertz CT molecular complexity index is 417. The second-order valence-corrected chi connectivity index (χ2v) is 7.38. The molecule has 2 aliphatic carbocycles. The fourth-order valence-corrected chi connectivity index (χ4v) is 4.21. The number of nitrogens with one attached hydrogen (secondary N) is 1. The molecule has 0 amide bonds. The summed E-state index contributed by atoms with van der Waals surface area (Å²) >= 11 is 3.19. The summed E-state index contributed by atoms with van der Waals surface area (Å²) in [6.45, 7) is 2.15. The third kappa shape index (κ3) is 2.87. The topological polar surface area (TPSA) is 58.0 Å². The molecule has 2 aliphatic rings. The summed E-state index contributed by atoms with van der Waals surface area (Å²) in [6.07, 6.45) is 5.01. The number of thioether (sulfide) groups is 1. The largest absolute Gasteiger partial charge is 0.394 e. The van der Waals surface area contributed by atoms with Crippen molar-refractivity contribution in [2.75, 3.05) is 12.4 Å². The molecule has 1 aromatic rings. The Hall–Kier alpha value is -0.170. The number of aryl methyl sites for hydroxylation is 1. The maximum atomic E-state index is 9.84. The van der Waals surface area contributed by atoms with E-state index in [2.05, 4.69) is 14.7 Å². The van der Waals surface area contributed by atoms with Gasteiger partial charge in [-0.25, -0.2) is 4.98 Å². The van der Waals surface area contributed by atoms with Crippen LogP contribution in [0.1, 0.15) is 31.5 Å². The zero-order valence-corrected chi connectivity index (χ0v) is 12.2. The van der Waals surface area contributed by atoms with E-state index < -0.39 is 0 Å². The van der Waals surface area contributed by atoms with E-state index in [1.54, 1.807) is 11.8 Å². The first-order valence-corrected chi connectivity index (χ1v) is 8.29. The lowest BCUT2D eigenvalue weighted by atomic mass is 9.96. The molecule has 2 N–H and O–H groups in total. The molecule has 1 aromatic heterocycles. The lowest BCUT2D eigenvalue weighted by Crippen LogP contribution is -2.53. The van der Waals surface area contributed by atoms with Crippen molar-refractivity contribution in [1.82, 2.24) is 14.7 Å². The van der Waals surface area contributed by atoms with Gasteiger partial charge in [0.1, 0.15) is 5.82 Å². The quantitative estimate of drug-likeness (QED) is 0.749. The zero-order valence-electron chi connectivity index (χ0n) is 10.6. The fraction of sp³-hybridized carbons (Fsp3) is 0.833. The standard InChI is InChI=1S/C12H19N3OS2/c1-8-13-11(18-15-8)17-7-12(6-16,9-2-3-9)14-10-4-5-10/h9-10,14,16H,2-7H2,1H3. The summed E-state index contributed by atoms with van der Waals surface area (Å²) in [4.78, 5) is 4.38. The van der Waals surface area contributed by atoms with E-state index in [0.29, 0.717) is 12.0 Å². The van der Waals surface area contributed by atoms with Crippen LogP contribution in [0.25, 0.3) is 0 Å². The molecule has 100 valence electrons. The van der Waals surface area contributed by atoms with Crippen molar-refractivity contribution in [2.45, 2.75) is 48.5 Å². The van der Waals surface area contributed by atoms with Crippen molar-refractivity contribution in [1.29, 1.82) is 0 Å². The third-order valence-corrected chi connectivity index (χ3v) is 5.85. The van der Waals surface area contributed by atoms with Crippen LogP contribution in [0, 0.1) is 12.8 Å². The van der Waals surface area contributed by atoms with Gasteiger partial charge in [0.05, 0.1) is 12.1 Å². The predicted molar refractivity (Wildman–Crippen MR) is 74.1 cm³/mol. The molecule has 0 aromatic carbocycles. The van der Waals surface area contributed by atoms with Crippen LogP contribution in [-0.4, -0.2) is 38.4 Å². The lowest BCUT2D eigenvalue weighted by molar-refractivity contribution is 0.157. The lowest BCUT2D eigenvalue weighted by Gasteiger charge is -2.33. The first kappa shape index (κ1) is 12.8. The second-order valence-electron chi connectivity index (χ2n) is 5.40. The summed E-state index contributed by atoms with van der Waals surface area (Å²) < 4.78 is 5.22. The predicted octanol–water partition coefficient (Wildman–Crippen LogP) is 1.83. The minimum atomic E-state index is -0.0919. The number of hydrogen-bond acceptors (Lipinski definition) is 6. The molecule has 0 aliphatic heterocycles. The molecule has 0 radical (unpaired) electrons. The number of aliphatic hydroxyl groups is 1. The van der Waals surface area contributed by atoms with Gasteiger partial charge in [-0.1, -0.05) is 11.8 Å². The molecule has 6 heteroatoms. The maximum Gasteiger partial charge on any atom is 0.170 e. The Labute approximate surface area is 116 Å². The Morgan fingerprint density at radius 1 is 1.44 bits per heavy atom. The van der Waals surface area contributed by atoms with Crippen LogP contribution in [0.3, 0.4) is 0 Å². The number of aliphatic hydroxyl groups excluding tert-OH is 1. The third-order valence-electron chi connectivity index (χ3n) is 3.67. The van der Waals surface area contributed by atoms with Gasteiger partial charge in [-0.2, -0.15) is 4.37 Å². The van der Waals surface area contributed by atoms with Gasteiger partial charge in [0.2, 0.25) is 0 Å². The highest BCUT2D eigenvalue weighted by Crippen LogP contribution is 2.44. The van der Waals surface area contributed by atoms with Gasteiger partial charge in [0.15, 0.2) is 4.34 Å². The fourth-order valence-electron chi connectivity index (χ4n) is 2.30. The minimum absolute atomic E-state index is 0.0919. The Kier molecular flexibility index (Phi) is 3.62. The van der Waals surface area contributed by atoms with Crippen LogP contribution in [0.4, 0.5) is 0 Å². The number of hydrogen-bond donors (Lipinski definition) is 2. The Balaban J connectivity index is 1.64. The van der Waals surface area contributed by atoms with E-state index in [1.807, 2.05) is 6.92 Å². The molecule has 3 rings (SSSR count). The minimum Gasteiger partial charge on any atom is -0.394 e. The van der Waals surface area contributed by atoms with Gasteiger partial charge < -0.3 is 10.4 Å². The smallest absolute Gasteiger partial charge is 0.170 e. The first-order valence-electron chi connectivity index (χ1n) is 6.53. The summed E-state index contributed by atoms with van der Waals surface area (Å²) in [5.74, 6) is 2.39. The molecule has 0 saturated heterocycles. The van der Waals surface area contributed by atoms with Gasteiger partial charge in [-0.15, -0.1) is 0 Å². The van der Waals surface area contributed by atoms with Gasteiger partial charge in [0.25, 0.3) is 0 Å². The SMILES string of the molecule is Cc1nsc(SCC(CO)(NC2CC2)C2CC2)n1. The molecular formula is C12H19N3OS2. The van der Waals surface area contributed by atoms with Crippen molar-refractivity contribution in [3.05, 3.63) is 5.82 Å². The summed E-state index contributed by atoms with van der Waals surface area (Å²) in [7, 11) is 0. The first-order chi connectivity index (χ1) is 8.72. The normalized spacial score (nSPS) is 23.0. The van der Waals surface area contributed by atoms with Crippen LogP contribution >= 0.6 is 23.3 Å². The molecule has 2 fully saturated rings. The molecule has 1 atom stereocenters. The van der Waals surface area contributed by atoms with Gasteiger partial charge in [-0.05, 0) is 50.1 Å². The summed E-state index contributed by atoms with van der Waals surface area (Å²) in [5, 5.41) is 13.5. The molecule has 0 spiro atoms. The molecule has 2 saturated carbocycles. The van der Waals surface area contributed by atoms with Gasteiger partial charge in [-0.3, -0.25) is 0 Å². The number of aromatic nitrogens is 2. The second kappa shape index (κ2) is 5.07. The van der Waals surface area contributed by atoms with Crippen molar-refractivity contribution < 1.29 is 5.11 Å². The van der Waals surface area contributed by atoms with E-state index in [9.17, 15) is 5.11 Å². The molecule has 1 unspecified atom stereocenters. The molecule has 1 heterocycles. The summed E-state index contributed by atoms with van der Waals surface area (Å²) in [5.41, 5.74) is -0.0919. The average Bonchev–Trinajstić information content (AvgIpc) is 3.25. The van der Waals surface area contributed by atoms with Crippen molar-refractivity contribution in [3.63, 3.8) is 0 Å². The monoisotopic (exact) mass is 285 g/mol. The number of rotatable bonds is 7. The highest BCUT2D eigenvalue weighted by atomic mass is 32.2. The Morgan fingerprint density at radius 3 is 2.72 bits per heavy atom. The van der Waals surface area contributed by atoms with Crippen molar-refractivity contribution in [2.24, 2.45) is 5.92 Å². The molecule has 0 bridgehead atoms. The van der Waals surface area contributed by atoms with E-state index >= 15 is 0 Å². The van der Waals surface area contributed by atoms with E-state index in [-0.39, 0.29) is 12.1 Å². The maximum absolute atomic E-state index is 9.84. The van der Waals surface area contributed by atoms with Crippen LogP contribution in [0.5, 0.6) is 0 Å². The van der Waals surface area contributed by atoms with Gasteiger partial charge >= 0.3 is 0 Å². The van der Waals surface area contributed by atoms with E-state index in [4.69, 9.17) is 0 Å². The molecular weight excluding hydrogens is 266 g/mol. The van der Waals surface area contributed by atoms with Crippen LogP contribution in [0.2, 0.25) is 0 Å². The van der Waals surface area contributed by atoms with Crippen LogP contribution in [0.15, 0.2) is 4.34 Å². The average molecular weight is 285 g/mol. The summed E-state index contributed by atoms with van der Waals surface area (Å²) in [6, 6.07) is 0.634. The van der Waals surface area contributed by atoms with Crippen molar-refractivity contribution >= 4 is 23.3 Å². The van der Waals surface area contributed by atoms with Crippen LogP contribution in [-0.2, 0) is 0 Å². The molecule has 4 nitrogen and oxygen atoms in total. The Morgan fingerprint density at radius 2 is 2.22 bits per heavy atom. The van der Waals surface area contributed by atoms with Gasteiger partial charge in [0, 0.05) is 11.8 Å².